The third-order valence-electron chi connectivity index (χ3n) is 3.40. The molecule has 2 aromatic carbocycles. The molecule has 22 heavy (non-hydrogen) atoms. The quantitative estimate of drug-likeness (QED) is 0.648. The van der Waals surface area contributed by atoms with Crippen molar-refractivity contribution in [1.82, 2.24) is 0 Å². The van der Waals surface area contributed by atoms with Gasteiger partial charge in [0.15, 0.2) is 11.5 Å². The average molecular weight is 300 g/mol. The molecule has 118 valence electrons. The summed E-state index contributed by atoms with van der Waals surface area (Å²) in [7, 11) is 1.70. The van der Waals surface area contributed by atoms with Gasteiger partial charge in [-0.15, -0.1) is 0 Å². The van der Waals surface area contributed by atoms with Crippen molar-refractivity contribution in [3.05, 3.63) is 59.7 Å². The molecule has 0 saturated carbocycles. The third-order valence-corrected chi connectivity index (χ3v) is 3.40. The van der Waals surface area contributed by atoms with Crippen molar-refractivity contribution in [2.75, 3.05) is 20.3 Å². The third kappa shape index (κ3) is 5.08. The van der Waals surface area contributed by atoms with Gasteiger partial charge in [0.2, 0.25) is 0 Å². The minimum Gasteiger partial charge on any atom is -0.490 e. The molecule has 0 saturated heterocycles. The molecule has 0 fully saturated rings. The molecule has 0 amide bonds. The van der Waals surface area contributed by atoms with Gasteiger partial charge in [-0.05, 0) is 29.7 Å². The predicted molar refractivity (Wildman–Crippen MR) is 88.6 cm³/mol. The van der Waals surface area contributed by atoms with Gasteiger partial charge >= 0.3 is 0 Å². The lowest BCUT2D eigenvalue weighted by Crippen LogP contribution is -2.04. The summed E-state index contributed by atoms with van der Waals surface area (Å²) in [5.74, 6) is 1.60. The number of methoxy groups -OCH3 is 1. The molecule has 0 aromatic heterocycles. The van der Waals surface area contributed by atoms with E-state index in [1.807, 2.05) is 24.3 Å². The van der Waals surface area contributed by atoms with Gasteiger partial charge in [-0.25, -0.2) is 0 Å². The van der Waals surface area contributed by atoms with Gasteiger partial charge in [-0.1, -0.05) is 43.3 Å². The number of ether oxygens (including phenoxy) is 3. The normalized spacial score (nSPS) is 10.5. The van der Waals surface area contributed by atoms with Gasteiger partial charge in [0, 0.05) is 20.1 Å². The number of hydrogen-bond acceptors (Lipinski definition) is 3. The van der Waals surface area contributed by atoms with Gasteiger partial charge in [0.25, 0.3) is 0 Å². The molecule has 0 aliphatic rings. The Hall–Kier alpha value is -2.00. The zero-order chi connectivity index (χ0) is 15.6. The van der Waals surface area contributed by atoms with Crippen LogP contribution in [-0.4, -0.2) is 20.3 Å². The van der Waals surface area contributed by atoms with E-state index >= 15 is 0 Å². The summed E-state index contributed by atoms with van der Waals surface area (Å²) in [5.41, 5.74) is 2.39. The topological polar surface area (TPSA) is 27.7 Å². The van der Waals surface area contributed by atoms with E-state index in [0.717, 1.165) is 29.9 Å². The summed E-state index contributed by atoms with van der Waals surface area (Å²) in [6.07, 6.45) is 1.85. The Morgan fingerprint density at radius 3 is 2.36 bits per heavy atom. The van der Waals surface area contributed by atoms with Crippen LogP contribution in [0.3, 0.4) is 0 Å². The Bertz CT molecular complexity index is 552. The number of benzene rings is 2. The second kappa shape index (κ2) is 9.11. The molecular weight excluding hydrogens is 276 g/mol. The van der Waals surface area contributed by atoms with Gasteiger partial charge in [-0.3, -0.25) is 0 Å². The van der Waals surface area contributed by atoms with Crippen molar-refractivity contribution in [1.29, 1.82) is 0 Å². The van der Waals surface area contributed by atoms with Crippen LogP contribution in [0.5, 0.6) is 11.5 Å². The monoisotopic (exact) mass is 300 g/mol. The SMILES string of the molecule is CCc1ccc(OCc2ccccc2)c(OCCCOC)c1. The van der Waals surface area contributed by atoms with Crippen LogP contribution in [0.15, 0.2) is 48.5 Å². The highest BCUT2D eigenvalue weighted by molar-refractivity contribution is 5.43. The zero-order valence-electron chi connectivity index (χ0n) is 13.4. The first-order chi connectivity index (χ1) is 10.8. The van der Waals surface area contributed by atoms with Crippen LogP contribution >= 0.6 is 0 Å². The van der Waals surface area contributed by atoms with E-state index in [2.05, 4.69) is 31.2 Å². The Morgan fingerprint density at radius 1 is 0.818 bits per heavy atom. The lowest BCUT2D eigenvalue weighted by molar-refractivity contribution is 0.169. The molecule has 3 nitrogen and oxygen atoms in total. The van der Waals surface area contributed by atoms with E-state index in [-0.39, 0.29) is 0 Å². The Morgan fingerprint density at radius 2 is 1.64 bits per heavy atom. The molecule has 0 N–H and O–H groups in total. The van der Waals surface area contributed by atoms with Gasteiger partial charge in [0.05, 0.1) is 6.61 Å². The lowest BCUT2D eigenvalue weighted by atomic mass is 10.1. The fourth-order valence-electron chi connectivity index (χ4n) is 2.13. The first kappa shape index (κ1) is 16.4. The van der Waals surface area contributed by atoms with Crippen molar-refractivity contribution in [2.45, 2.75) is 26.4 Å². The molecule has 0 spiro atoms. The number of rotatable bonds is 9. The summed E-state index contributed by atoms with van der Waals surface area (Å²) in [4.78, 5) is 0. The number of aryl methyl sites for hydroxylation is 1. The minimum atomic E-state index is 0.542. The van der Waals surface area contributed by atoms with Gasteiger partial charge in [0.1, 0.15) is 6.61 Å². The van der Waals surface area contributed by atoms with Crippen LogP contribution in [0.1, 0.15) is 24.5 Å². The molecule has 2 aromatic rings. The Balaban J connectivity index is 2.01. The molecule has 0 aliphatic carbocycles. The summed E-state index contributed by atoms with van der Waals surface area (Å²) in [6, 6.07) is 16.3. The van der Waals surface area contributed by atoms with Crippen molar-refractivity contribution in [3.8, 4) is 11.5 Å². The largest absolute Gasteiger partial charge is 0.490 e. The Kier molecular flexibility index (Phi) is 6.78. The maximum absolute atomic E-state index is 5.92. The van der Waals surface area contributed by atoms with E-state index < -0.39 is 0 Å². The second-order valence-corrected chi connectivity index (χ2v) is 5.10. The fraction of sp³-hybridized carbons (Fsp3) is 0.368. The smallest absolute Gasteiger partial charge is 0.161 e. The molecule has 0 bridgehead atoms. The maximum atomic E-state index is 5.92. The van der Waals surface area contributed by atoms with Crippen molar-refractivity contribution < 1.29 is 14.2 Å². The van der Waals surface area contributed by atoms with Gasteiger partial charge < -0.3 is 14.2 Å². The first-order valence-electron chi connectivity index (χ1n) is 7.75. The highest BCUT2D eigenvalue weighted by atomic mass is 16.5. The minimum absolute atomic E-state index is 0.542. The molecule has 0 radical (unpaired) electrons. The maximum Gasteiger partial charge on any atom is 0.161 e. The molecule has 2 rings (SSSR count). The molecule has 0 heterocycles. The summed E-state index contributed by atoms with van der Waals surface area (Å²) in [5, 5.41) is 0. The van der Waals surface area contributed by atoms with Crippen LogP contribution in [0, 0.1) is 0 Å². The van der Waals surface area contributed by atoms with Crippen LogP contribution in [0.4, 0.5) is 0 Å². The highest BCUT2D eigenvalue weighted by Gasteiger charge is 2.07. The van der Waals surface area contributed by atoms with E-state index in [1.54, 1.807) is 7.11 Å². The summed E-state index contributed by atoms with van der Waals surface area (Å²) < 4.78 is 16.8. The Labute approximate surface area is 132 Å². The molecule has 0 aliphatic heterocycles. The predicted octanol–water partition coefficient (Wildman–Crippen LogP) is 4.24. The van der Waals surface area contributed by atoms with Crippen molar-refractivity contribution in [3.63, 3.8) is 0 Å². The lowest BCUT2D eigenvalue weighted by Gasteiger charge is -2.14. The van der Waals surface area contributed by atoms with Crippen molar-refractivity contribution in [2.24, 2.45) is 0 Å². The van der Waals surface area contributed by atoms with E-state index in [9.17, 15) is 0 Å². The molecule has 3 heteroatoms. The van der Waals surface area contributed by atoms with E-state index in [4.69, 9.17) is 14.2 Å². The standard InChI is InChI=1S/C19H24O3/c1-3-16-10-11-18(19(14-16)21-13-7-12-20-2)22-15-17-8-5-4-6-9-17/h4-6,8-11,14H,3,7,12-13,15H2,1-2H3. The van der Waals surface area contributed by atoms with E-state index in [0.29, 0.717) is 19.8 Å². The zero-order valence-corrected chi connectivity index (χ0v) is 13.4. The first-order valence-corrected chi connectivity index (χ1v) is 7.75. The van der Waals surface area contributed by atoms with Crippen LogP contribution in [0.25, 0.3) is 0 Å². The molecule has 0 atom stereocenters. The average Bonchev–Trinajstić information content (AvgIpc) is 2.58. The molecular formula is C19H24O3. The van der Waals surface area contributed by atoms with Crippen LogP contribution in [-0.2, 0) is 17.8 Å². The second-order valence-electron chi connectivity index (χ2n) is 5.10. The van der Waals surface area contributed by atoms with Crippen LogP contribution in [0.2, 0.25) is 0 Å². The molecule has 0 unspecified atom stereocenters. The van der Waals surface area contributed by atoms with Crippen LogP contribution < -0.4 is 9.47 Å². The van der Waals surface area contributed by atoms with Gasteiger partial charge in [-0.2, -0.15) is 0 Å². The number of hydrogen-bond donors (Lipinski definition) is 0. The van der Waals surface area contributed by atoms with Crippen molar-refractivity contribution >= 4 is 0 Å². The highest BCUT2D eigenvalue weighted by Crippen LogP contribution is 2.29. The summed E-state index contributed by atoms with van der Waals surface area (Å²) in [6.45, 7) is 4.01. The van der Waals surface area contributed by atoms with E-state index in [1.165, 1.54) is 5.56 Å². The summed E-state index contributed by atoms with van der Waals surface area (Å²) >= 11 is 0. The fourth-order valence-corrected chi connectivity index (χ4v) is 2.13.